The van der Waals surface area contributed by atoms with Crippen molar-refractivity contribution in [3.63, 3.8) is 0 Å². The Kier molecular flexibility index (Phi) is 8.30. The van der Waals surface area contributed by atoms with Crippen LogP contribution in [0.3, 0.4) is 0 Å². The topological polar surface area (TPSA) is 19.4 Å². The van der Waals surface area contributed by atoms with Crippen molar-refractivity contribution >= 4 is 45.3 Å². The first-order chi connectivity index (χ1) is 11.5. The third-order valence-corrected chi connectivity index (χ3v) is 4.82. The maximum absolute atomic E-state index is 2.32. The van der Waals surface area contributed by atoms with Crippen LogP contribution in [0.5, 0.6) is 0 Å². The van der Waals surface area contributed by atoms with E-state index >= 15 is 0 Å². The van der Waals surface area contributed by atoms with E-state index in [1.807, 2.05) is 0 Å². The molecule has 0 spiro atoms. The Bertz CT molecular complexity index is 324. The molecular formula is C12H28B6N6. The van der Waals surface area contributed by atoms with Crippen LogP contribution in [0.2, 0.25) is 0 Å². The number of nitrogens with zero attached hydrogens (tertiary/aromatic N) is 6. The minimum atomic E-state index is 0.352. The highest BCUT2D eigenvalue weighted by Crippen LogP contribution is 2.14. The van der Waals surface area contributed by atoms with Gasteiger partial charge in [0.05, 0.1) is 0 Å². The second-order valence-electron chi connectivity index (χ2n) is 6.39. The number of rotatable bonds is 7. The van der Waals surface area contributed by atoms with Gasteiger partial charge >= 0.3 is 0 Å². The van der Waals surface area contributed by atoms with Crippen molar-refractivity contribution in [2.24, 2.45) is 0 Å². The molecule has 2 fully saturated rings. The molecule has 2 rings (SSSR count). The van der Waals surface area contributed by atoms with Crippen LogP contribution in [0.15, 0.2) is 0 Å². The molecule has 0 aromatic heterocycles. The van der Waals surface area contributed by atoms with Gasteiger partial charge in [0, 0.05) is 12.1 Å². The van der Waals surface area contributed by atoms with Gasteiger partial charge in [-0.05, 0) is 40.0 Å². The molecule has 2 unspecified atom stereocenters. The van der Waals surface area contributed by atoms with Gasteiger partial charge in [-0.1, -0.05) is 27.7 Å². The Hall–Kier alpha value is 0.150. The SMILES string of the molecule is CCN1[B]N(CC)[B]N(C(C)C(C)N2[B]N(CC)[B]N(CC)[B]2)[B]1. The first-order valence-electron chi connectivity index (χ1n) is 9.20. The molecule has 2 saturated heterocycles. The van der Waals surface area contributed by atoms with Crippen LogP contribution in [-0.2, 0) is 0 Å². The molecule has 2 aliphatic rings. The standard InChI is InChI=1S/C12H28B6N6/c1-7-19-13-20(8-2)16-23(15-19)11(5)12(6)24-17-21(9-3)14-22(10-4)18-24/h11-12H,7-10H2,1-6H3. The maximum atomic E-state index is 2.32. The highest BCUT2D eigenvalue weighted by Gasteiger charge is 2.36. The van der Waals surface area contributed by atoms with E-state index in [1.54, 1.807) is 0 Å². The lowest BCUT2D eigenvalue weighted by Crippen LogP contribution is -2.69. The molecule has 0 amide bonds. The summed E-state index contributed by atoms with van der Waals surface area (Å²) in [6, 6.07) is 0.703. The summed E-state index contributed by atoms with van der Waals surface area (Å²) in [4.78, 5) is 0. The molecule has 0 aromatic carbocycles. The van der Waals surface area contributed by atoms with Gasteiger partial charge in [-0.2, -0.15) is 0 Å². The molecule has 0 saturated carbocycles. The summed E-state index contributed by atoms with van der Waals surface area (Å²) in [6.45, 7) is 17.2. The van der Waals surface area contributed by atoms with Crippen molar-refractivity contribution < 1.29 is 0 Å². The molecule has 12 heteroatoms. The molecule has 0 bridgehead atoms. The summed E-state index contributed by atoms with van der Waals surface area (Å²) in [5, 5.41) is 0. The zero-order valence-corrected chi connectivity index (χ0v) is 16.1. The zero-order chi connectivity index (χ0) is 17.7. The fourth-order valence-corrected chi connectivity index (χ4v) is 2.82. The Morgan fingerprint density at radius 3 is 0.958 bits per heavy atom. The van der Waals surface area contributed by atoms with Crippen LogP contribution in [0, 0.1) is 0 Å². The van der Waals surface area contributed by atoms with E-state index in [0.29, 0.717) is 12.1 Å². The van der Waals surface area contributed by atoms with Gasteiger partial charge in [0.25, 0.3) is 45.3 Å². The van der Waals surface area contributed by atoms with Crippen molar-refractivity contribution in [2.45, 2.75) is 53.6 Å². The van der Waals surface area contributed by atoms with E-state index in [0.717, 1.165) is 26.2 Å². The maximum Gasteiger partial charge on any atom is 0.290 e. The summed E-state index contributed by atoms with van der Waals surface area (Å²) in [5.74, 6) is 0. The minimum Gasteiger partial charge on any atom is -0.365 e. The first-order valence-corrected chi connectivity index (χ1v) is 9.20. The molecule has 0 aliphatic carbocycles. The van der Waals surface area contributed by atoms with E-state index in [4.69, 9.17) is 0 Å². The van der Waals surface area contributed by atoms with E-state index in [-0.39, 0.29) is 0 Å². The van der Waals surface area contributed by atoms with Crippen molar-refractivity contribution in [3.8, 4) is 0 Å². The summed E-state index contributed by atoms with van der Waals surface area (Å²) >= 11 is 0. The molecule has 2 aliphatic heterocycles. The summed E-state index contributed by atoms with van der Waals surface area (Å²) < 4.78 is 13.6. The first kappa shape index (κ1) is 20.5. The summed E-state index contributed by atoms with van der Waals surface area (Å²) in [7, 11) is 13.2. The molecular weight excluding hydrogens is 293 g/mol. The van der Waals surface area contributed by atoms with Crippen molar-refractivity contribution in [3.05, 3.63) is 0 Å². The second kappa shape index (κ2) is 9.74. The summed E-state index contributed by atoms with van der Waals surface area (Å²) in [6.07, 6.45) is 0. The lowest BCUT2D eigenvalue weighted by Gasteiger charge is -2.48. The molecule has 6 radical (unpaired) electrons. The Labute approximate surface area is 153 Å². The van der Waals surface area contributed by atoms with E-state index < -0.39 is 0 Å². The molecule has 24 heavy (non-hydrogen) atoms. The van der Waals surface area contributed by atoms with Gasteiger partial charge in [-0.3, -0.25) is 0 Å². The lowest BCUT2D eigenvalue weighted by molar-refractivity contribution is 0.305. The molecule has 124 valence electrons. The Morgan fingerprint density at radius 1 is 0.500 bits per heavy atom. The van der Waals surface area contributed by atoms with Crippen LogP contribution >= 0.6 is 0 Å². The van der Waals surface area contributed by atoms with Crippen molar-refractivity contribution in [1.82, 2.24) is 28.3 Å². The van der Waals surface area contributed by atoms with Crippen LogP contribution in [0.4, 0.5) is 0 Å². The quantitative estimate of drug-likeness (QED) is 0.550. The largest absolute Gasteiger partial charge is 0.365 e. The summed E-state index contributed by atoms with van der Waals surface area (Å²) in [5.41, 5.74) is 0. The fraction of sp³-hybridized carbons (Fsp3) is 1.00. The normalized spacial score (nSPS) is 24.8. The monoisotopic (exact) mass is 322 g/mol. The highest BCUT2D eigenvalue weighted by molar-refractivity contribution is 6.65. The Balaban J connectivity index is 2.00. The molecule has 0 N–H and O–H groups in total. The molecule has 2 atom stereocenters. The van der Waals surface area contributed by atoms with Crippen LogP contribution in [-0.4, -0.2) is 112 Å². The van der Waals surface area contributed by atoms with Gasteiger partial charge in [0.1, 0.15) is 0 Å². The predicted molar refractivity (Wildman–Crippen MR) is 107 cm³/mol. The van der Waals surface area contributed by atoms with Crippen LogP contribution < -0.4 is 0 Å². The smallest absolute Gasteiger partial charge is 0.290 e. The molecule has 6 nitrogen and oxygen atoms in total. The highest BCUT2D eigenvalue weighted by atomic mass is 15.3. The second-order valence-corrected chi connectivity index (χ2v) is 6.39. The average Bonchev–Trinajstić information content (AvgIpc) is 2.65. The van der Waals surface area contributed by atoms with Gasteiger partial charge < -0.3 is 28.3 Å². The zero-order valence-electron chi connectivity index (χ0n) is 16.1. The third kappa shape index (κ3) is 5.08. The van der Waals surface area contributed by atoms with Gasteiger partial charge in [0.2, 0.25) is 0 Å². The van der Waals surface area contributed by atoms with Gasteiger partial charge in [-0.25, -0.2) is 0 Å². The Morgan fingerprint density at radius 2 is 0.750 bits per heavy atom. The van der Waals surface area contributed by atoms with E-state index in [1.165, 1.54) is 0 Å². The van der Waals surface area contributed by atoms with Crippen molar-refractivity contribution in [1.29, 1.82) is 0 Å². The van der Waals surface area contributed by atoms with E-state index in [2.05, 4.69) is 115 Å². The molecule has 2 heterocycles. The third-order valence-electron chi connectivity index (χ3n) is 4.82. The number of hydrogen-bond acceptors (Lipinski definition) is 6. The van der Waals surface area contributed by atoms with Crippen molar-refractivity contribution in [2.75, 3.05) is 26.2 Å². The fourth-order valence-electron chi connectivity index (χ4n) is 2.82. The van der Waals surface area contributed by atoms with Gasteiger partial charge in [0.15, 0.2) is 0 Å². The van der Waals surface area contributed by atoms with Crippen LogP contribution in [0.25, 0.3) is 0 Å². The van der Waals surface area contributed by atoms with Crippen LogP contribution in [0.1, 0.15) is 41.5 Å². The lowest BCUT2D eigenvalue weighted by atomic mass is 9.69. The number of hydrogen-bond donors (Lipinski definition) is 0. The molecule has 0 aromatic rings. The predicted octanol–water partition coefficient (Wildman–Crippen LogP) is -1.11. The van der Waals surface area contributed by atoms with E-state index in [9.17, 15) is 0 Å². The minimum absolute atomic E-state index is 0.352. The average molecular weight is 321 g/mol. The van der Waals surface area contributed by atoms with Gasteiger partial charge in [-0.15, -0.1) is 0 Å².